The molecular formula is C17H13N5O2. The van der Waals surface area contributed by atoms with E-state index in [0.29, 0.717) is 5.52 Å². The molecule has 0 unspecified atom stereocenters. The first-order valence-electron chi connectivity index (χ1n) is 7.40. The van der Waals surface area contributed by atoms with E-state index < -0.39 is 4.92 Å². The molecule has 2 aromatic carbocycles. The Kier molecular flexibility index (Phi) is 3.02. The monoisotopic (exact) mass is 319 g/mol. The molecule has 0 aliphatic carbocycles. The van der Waals surface area contributed by atoms with Crippen molar-refractivity contribution in [3.63, 3.8) is 0 Å². The lowest BCUT2D eigenvalue weighted by molar-refractivity contribution is -0.384. The Bertz CT molecular complexity index is 1120. The van der Waals surface area contributed by atoms with Crippen LogP contribution in [0.5, 0.6) is 0 Å². The summed E-state index contributed by atoms with van der Waals surface area (Å²) in [6.45, 7) is 3.87. The van der Waals surface area contributed by atoms with Crippen LogP contribution in [-0.4, -0.2) is 24.4 Å². The number of non-ortho nitro benzene ring substituents is 1. The van der Waals surface area contributed by atoms with Crippen LogP contribution < -0.4 is 0 Å². The first kappa shape index (κ1) is 14.3. The largest absolute Gasteiger partial charge is 0.299 e. The maximum Gasteiger partial charge on any atom is 0.271 e. The first-order valence-corrected chi connectivity index (χ1v) is 7.40. The molecule has 7 heteroatoms. The van der Waals surface area contributed by atoms with Crippen molar-refractivity contribution in [1.29, 1.82) is 0 Å². The normalized spacial score (nSPS) is 11.2. The Morgan fingerprint density at radius 2 is 1.71 bits per heavy atom. The van der Waals surface area contributed by atoms with E-state index in [-0.39, 0.29) is 5.69 Å². The average molecular weight is 319 g/mol. The van der Waals surface area contributed by atoms with Gasteiger partial charge in [-0.25, -0.2) is 15.0 Å². The molecule has 0 fully saturated rings. The van der Waals surface area contributed by atoms with Crippen LogP contribution >= 0.6 is 0 Å². The van der Waals surface area contributed by atoms with E-state index >= 15 is 0 Å². The maximum atomic E-state index is 10.9. The van der Waals surface area contributed by atoms with Crippen LogP contribution in [0.3, 0.4) is 0 Å². The van der Waals surface area contributed by atoms with Gasteiger partial charge in [0.2, 0.25) is 0 Å². The van der Waals surface area contributed by atoms with Crippen molar-refractivity contribution in [3.05, 3.63) is 64.2 Å². The lowest BCUT2D eigenvalue weighted by Gasteiger charge is -2.07. The molecule has 2 heterocycles. The van der Waals surface area contributed by atoms with E-state index in [1.807, 2.05) is 36.6 Å². The molecule has 4 rings (SSSR count). The van der Waals surface area contributed by atoms with Gasteiger partial charge in [-0.2, -0.15) is 0 Å². The summed E-state index contributed by atoms with van der Waals surface area (Å²) in [6.07, 6.45) is 1.66. The number of fused-ring (bicyclic) bond motifs is 2. The van der Waals surface area contributed by atoms with Crippen LogP contribution in [0, 0.1) is 24.0 Å². The number of aromatic nitrogens is 4. The standard InChI is InChI=1S/C17H13N5O2/c1-10-11(2)20-15-7-12(3-5-14(15)19-10)21-9-18-16-8-13(22(23)24)4-6-17(16)21/h3-9H,1-2H3. The van der Waals surface area contributed by atoms with Crippen LogP contribution in [0.1, 0.15) is 11.4 Å². The van der Waals surface area contributed by atoms with Gasteiger partial charge in [0.15, 0.2) is 0 Å². The van der Waals surface area contributed by atoms with E-state index in [1.54, 1.807) is 12.4 Å². The Morgan fingerprint density at radius 1 is 0.958 bits per heavy atom. The number of nitro benzene ring substituents is 1. The van der Waals surface area contributed by atoms with Gasteiger partial charge in [-0.1, -0.05) is 0 Å². The zero-order valence-corrected chi connectivity index (χ0v) is 13.1. The van der Waals surface area contributed by atoms with Crippen molar-refractivity contribution in [2.45, 2.75) is 13.8 Å². The van der Waals surface area contributed by atoms with Crippen LogP contribution in [0.4, 0.5) is 5.69 Å². The minimum Gasteiger partial charge on any atom is -0.299 e. The highest BCUT2D eigenvalue weighted by Crippen LogP contribution is 2.24. The molecule has 0 saturated heterocycles. The van der Waals surface area contributed by atoms with Crippen molar-refractivity contribution in [2.75, 3.05) is 0 Å². The minimum absolute atomic E-state index is 0.0308. The zero-order chi connectivity index (χ0) is 16.8. The molecule has 7 nitrogen and oxygen atoms in total. The predicted molar refractivity (Wildman–Crippen MR) is 90.3 cm³/mol. The molecule has 0 spiro atoms. The highest BCUT2D eigenvalue weighted by atomic mass is 16.6. The molecule has 118 valence electrons. The molecule has 0 N–H and O–H groups in total. The summed E-state index contributed by atoms with van der Waals surface area (Å²) in [7, 11) is 0. The van der Waals surface area contributed by atoms with Gasteiger partial charge in [0, 0.05) is 17.8 Å². The van der Waals surface area contributed by atoms with Gasteiger partial charge in [-0.15, -0.1) is 0 Å². The fourth-order valence-corrected chi connectivity index (χ4v) is 2.69. The average Bonchev–Trinajstić information content (AvgIpc) is 2.98. The van der Waals surface area contributed by atoms with Crippen molar-refractivity contribution >= 4 is 27.8 Å². The van der Waals surface area contributed by atoms with Crippen molar-refractivity contribution in [1.82, 2.24) is 19.5 Å². The highest BCUT2D eigenvalue weighted by molar-refractivity contribution is 5.82. The van der Waals surface area contributed by atoms with E-state index in [4.69, 9.17) is 0 Å². The molecule has 0 bridgehead atoms. The fraction of sp³-hybridized carbons (Fsp3) is 0.118. The Morgan fingerprint density at radius 3 is 2.46 bits per heavy atom. The van der Waals surface area contributed by atoms with Crippen molar-refractivity contribution in [2.24, 2.45) is 0 Å². The van der Waals surface area contributed by atoms with E-state index in [9.17, 15) is 10.1 Å². The summed E-state index contributed by atoms with van der Waals surface area (Å²) in [5.41, 5.74) is 5.74. The van der Waals surface area contributed by atoms with Gasteiger partial charge in [-0.3, -0.25) is 14.7 Å². The second-order valence-electron chi connectivity index (χ2n) is 5.61. The second kappa shape index (κ2) is 5.09. The highest BCUT2D eigenvalue weighted by Gasteiger charge is 2.11. The number of hydrogen-bond acceptors (Lipinski definition) is 5. The number of benzene rings is 2. The molecule has 0 aliphatic rings. The number of aryl methyl sites for hydroxylation is 2. The molecule has 0 radical (unpaired) electrons. The maximum absolute atomic E-state index is 10.9. The second-order valence-corrected chi connectivity index (χ2v) is 5.61. The zero-order valence-electron chi connectivity index (χ0n) is 13.1. The fourth-order valence-electron chi connectivity index (χ4n) is 2.69. The topological polar surface area (TPSA) is 86.7 Å². The third-order valence-corrected chi connectivity index (χ3v) is 4.08. The third-order valence-electron chi connectivity index (χ3n) is 4.08. The third kappa shape index (κ3) is 2.18. The van der Waals surface area contributed by atoms with Crippen molar-refractivity contribution < 1.29 is 4.92 Å². The molecule has 0 aliphatic heterocycles. The number of nitrogens with zero attached hydrogens (tertiary/aromatic N) is 5. The summed E-state index contributed by atoms with van der Waals surface area (Å²) in [4.78, 5) is 23.8. The van der Waals surface area contributed by atoms with Gasteiger partial charge in [0.1, 0.15) is 6.33 Å². The van der Waals surface area contributed by atoms with E-state index in [0.717, 1.165) is 33.6 Å². The number of imidazole rings is 1. The van der Waals surface area contributed by atoms with Gasteiger partial charge in [0.25, 0.3) is 5.69 Å². The Hall–Kier alpha value is -3.35. The molecule has 0 saturated carbocycles. The first-order chi connectivity index (χ1) is 11.5. The number of rotatable bonds is 2. The molecule has 24 heavy (non-hydrogen) atoms. The SMILES string of the molecule is Cc1nc2ccc(-n3cnc4cc([N+](=O)[O-])ccc43)cc2nc1C. The van der Waals surface area contributed by atoms with E-state index in [1.165, 1.54) is 12.1 Å². The van der Waals surface area contributed by atoms with Crippen molar-refractivity contribution in [3.8, 4) is 5.69 Å². The number of hydrogen-bond donors (Lipinski definition) is 0. The Labute approximate surface area is 136 Å². The van der Waals surface area contributed by atoms with Gasteiger partial charge in [0.05, 0.1) is 38.4 Å². The van der Waals surface area contributed by atoms with Crippen LogP contribution in [-0.2, 0) is 0 Å². The lowest BCUT2D eigenvalue weighted by Crippen LogP contribution is -1.96. The molecule has 4 aromatic rings. The van der Waals surface area contributed by atoms with Crippen LogP contribution in [0.25, 0.3) is 27.8 Å². The minimum atomic E-state index is -0.421. The Balaban J connectivity index is 1.89. The molecule has 2 aromatic heterocycles. The van der Waals surface area contributed by atoms with Gasteiger partial charge >= 0.3 is 0 Å². The summed E-state index contributed by atoms with van der Waals surface area (Å²) in [5, 5.41) is 10.9. The van der Waals surface area contributed by atoms with Gasteiger partial charge in [-0.05, 0) is 38.1 Å². The molecule has 0 atom stereocenters. The smallest absolute Gasteiger partial charge is 0.271 e. The van der Waals surface area contributed by atoms with Crippen LogP contribution in [0.15, 0.2) is 42.7 Å². The van der Waals surface area contributed by atoms with Crippen LogP contribution in [0.2, 0.25) is 0 Å². The quantitative estimate of drug-likeness (QED) is 0.417. The lowest BCUT2D eigenvalue weighted by atomic mass is 10.2. The summed E-state index contributed by atoms with van der Waals surface area (Å²) < 4.78 is 1.88. The summed E-state index contributed by atoms with van der Waals surface area (Å²) in [5.74, 6) is 0. The number of nitro groups is 1. The van der Waals surface area contributed by atoms with E-state index in [2.05, 4.69) is 15.0 Å². The van der Waals surface area contributed by atoms with Gasteiger partial charge < -0.3 is 0 Å². The molecular weight excluding hydrogens is 306 g/mol. The summed E-state index contributed by atoms with van der Waals surface area (Å²) >= 11 is 0. The predicted octanol–water partition coefficient (Wildman–Crippen LogP) is 3.49. The molecule has 0 amide bonds. The summed E-state index contributed by atoms with van der Waals surface area (Å²) in [6, 6.07) is 10.5.